The molecule has 0 bridgehead atoms. The average molecular weight is 442 g/mol. The number of benzene rings is 2. The lowest BCUT2D eigenvalue weighted by atomic mass is 10.1. The van der Waals surface area contributed by atoms with Gasteiger partial charge in [0.15, 0.2) is 0 Å². The zero-order valence-electron chi connectivity index (χ0n) is 18.0. The molecule has 2 aromatic heterocycles. The van der Waals surface area contributed by atoms with E-state index in [9.17, 15) is 4.79 Å². The molecular formula is C25H23N5OS. The van der Waals surface area contributed by atoms with E-state index in [1.165, 1.54) is 0 Å². The number of para-hydroxylation sites is 1. The molecule has 4 aromatic rings. The minimum Gasteiger partial charge on any atom is -0.347 e. The first-order valence-corrected chi connectivity index (χ1v) is 11.4. The van der Waals surface area contributed by atoms with Crippen molar-refractivity contribution in [1.29, 1.82) is 5.26 Å². The largest absolute Gasteiger partial charge is 0.347 e. The van der Waals surface area contributed by atoms with Gasteiger partial charge in [0, 0.05) is 34.5 Å². The van der Waals surface area contributed by atoms with Gasteiger partial charge in [-0.25, -0.2) is 0 Å². The molecule has 0 radical (unpaired) electrons. The number of nitrogens with zero attached hydrogens (tertiary/aromatic N) is 4. The van der Waals surface area contributed by atoms with E-state index in [0.29, 0.717) is 23.8 Å². The minimum atomic E-state index is -0.109. The molecule has 1 aliphatic rings. The van der Waals surface area contributed by atoms with Crippen LogP contribution in [0.25, 0.3) is 10.9 Å². The summed E-state index contributed by atoms with van der Waals surface area (Å²) in [6.07, 6.45) is 4.24. The standard InChI is InChI=1S/C25H23N5OS/c1-16-23(32-21-8-3-5-17(11-21)13-26)12-22(29(16)2)25(31)27-14-18-6-4-7-19-15-28-30(24(18)19)20-9-10-20/h3-8,11-12,15,20H,9-10,14H2,1-2H3,(H,27,31). The number of nitrogens with one attached hydrogen (secondary N) is 1. The van der Waals surface area contributed by atoms with Crippen molar-refractivity contribution in [3.05, 3.63) is 77.2 Å². The molecule has 1 N–H and O–H groups in total. The lowest BCUT2D eigenvalue weighted by Gasteiger charge is -2.10. The van der Waals surface area contributed by atoms with Gasteiger partial charge < -0.3 is 9.88 Å². The number of hydrogen-bond acceptors (Lipinski definition) is 4. The summed E-state index contributed by atoms with van der Waals surface area (Å²) in [5.41, 5.74) is 4.45. The maximum atomic E-state index is 13.1. The maximum absolute atomic E-state index is 13.1. The van der Waals surface area contributed by atoms with Crippen molar-refractivity contribution in [3.8, 4) is 6.07 Å². The molecule has 0 unspecified atom stereocenters. The molecule has 7 heteroatoms. The van der Waals surface area contributed by atoms with Gasteiger partial charge in [0.2, 0.25) is 0 Å². The van der Waals surface area contributed by atoms with E-state index in [2.05, 4.69) is 33.3 Å². The topological polar surface area (TPSA) is 75.6 Å². The molecule has 160 valence electrons. The molecule has 32 heavy (non-hydrogen) atoms. The Balaban J connectivity index is 1.35. The van der Waals surface area contributed by atoms with Crippen molar-refractivity contribution in [2.24, 2.45) is 7.05 Å². The van der Waals surface area contributed by atoms with Crippen LogP contribution in [0.4, 0.5) is 0 Å². The Bertz CT molecular complexity index is 1370. The SMILES string of the molecule is Cc1c(Sc2cccc(C#N)c2)cc(C(=O)NCc2cccc3cnn(C4CC4)c23)n1C. The summed E-state index contributed by atoms with van der Waals surface area (Å²) >= 11 is 1.56. The predicted molar refractivity (Wildman–Crippen MR) is 125 cm³/mol. The van der Waals surface area contributed by atoms with Crippen LogP contribution >= 0.6 is 11.8 Å². The van der Waals surface area contributed by atoms with Crippen LogP contribution in [0, 0.1) is 18.3 Å². The molecule has 0 spiro atoms. The van der Waals surface area contributed by atoms with Crippen LogP contribution in [-0.2, 0) is 13.6 Å². The number of carbonyl (C=O) groups excluding carboxylic acids is 1. The molecule has 1 saturated carbocycles. The number of aromatic nitrogens is 3. The summed E-state index contributed by atoms with van der Waals surface area (Å²) in [7, 11) is 1.91. The zero-order valence-corrected chi connectivity index (χ0v) is 18.8. The fraction of sp³-hybridized carbons (Fsp3) is 0.240. The third-order valence-corrected chi connectivity index (χ3v) is 7.07. The Hall–Kier alpha value is -3.50. The number of rotatable bonds is 6. The van der Waals surface area contributed by atoms with Crippen LogP contribution < -0.4 is 5.32 Å². The molecule has 1 fully saturated rings. The summed E-state index contributed by atoms with van der Waals surface area (Å²) in [4.78, 5) is 15.0. The molecule has 1 aliphatic carbocycles. The van der Waals surface area contributed by atoms with E-state index >= 15 is 0 Å². The molecule has 0 atom stereocenters. The molecule has 2 aromatic carbocycles. The van der Waals surface area contributed by atoms with E-state index in [4.69, 9.17) is 5.26 Å². The van der Waals surface area contributed by atoms with E-state index in [1.54, 1.807) is 17.8 Å². The second-order valence-electron chi connectivity index (χ2n) is 8.14. The van der Waals surface area contributed by atoms with E-state index in [0.717, 1.165) is 44.8 Å². The van der Waals surface area contributed by atoms with Crippen molar-refractivity contribution >= 4 is 28.6 Å². The van der Waals surface area contributed by atoms with Crippen LogP contribution in [0.15, 0.2) is 64.5 Å². The minimum absolute atomic E-state index is 0.109. The quantitative estimate of drug-likeness (QED) is 0.458. The highest BCUT2D eigenvalue weighted by Crippen LogP contribution is 2.37. The fourth-order valence-electron chi connectivity index (χ4n) is 3.93. The molecular weight excluding hydrogens is 418 g/mol. The third-order valence-electron chi connectivity index (χ3n) is 5.95. The number of fused-ring (bicyclic) bond motifs is 1. The van der Waals surface area contributed by atoms with Gasteiger partial charge in [-0.05, 0) is 49.6 Å². The highest BCUT2D eigenvalue weighted by molar-refractivity contribution is 7.99. The fourth-order valence-corrected chi connectivity index (χ4v) is 4.97. The summed E-state index contributed by atoms with van der Waals surface area (Å²) < 4.78 is 4.02. The first-order valence-electron chi connectivity index (χ1n) is 10.6. The first-order chi connectivity index (χ1) is 15.5. The monoisotopic (exact) mass is 441 g/mol. The van der Waals surface area contributed by atoms with Crippen LogP contribution in [0.1, 0.15) is 46.2 Å². The van der Waals surface area contributed by atoms with Crippen molar-refractivity contribution < 1.29 is 4.79 Å². The highest BCUT2D eigenvalue weighted by atomic mass is 32.2. The van der Waals surface area contributed by atoms with Crippen LogP contribution in [0.5, 0.6) is 0 Å². The van der Waals surface area contributed by atoms with Crippen molar-refractivity contribution in [1.82, 2.24) is 19.7 Å². The Kier molecular flexibility index (Phi) is 5.24. The predicted octanol–water partition coefficient (Wildman–Crippen LogP) is 4.97. The molecule has 0 saturated heterocycles. The Labute approximate surface area is 190 Å². The summed E-state index contributed by atoms with van der Waals surface area (Å²) in [6.45, 7) is 2.45. The number of hydrogen-bond donors (Lipinski definition) is 1. The molecule has 6 nitrogen and oxygen atoms in total. The summed E-state index contributed by atoms with van der Waals surface area (Å²) in [5.74, 6) is -0.109. The third kappa shape index (κ3) is 3.78. The molecule has 5 rings (SSSR count). The summed E-state index contributed by atoms with van der Waals surface area (Å²) in [5, 5.41) is 17.9. The number of carbonyl (C=O) groups is 1. The lowest BCUT2D eigenvalue weighted by Crippen LogP contribution is -2.25. The van der Waals surface area contributed by atoms with Crippen LogP contribution in [0.3, 0.4) is 0 Å². The van der Waals surface area contributed by atoms with Crippen molar-refractivity contribution in [2.75, 3.05) is 0 Å². The highest BCUT2D eigenvalue weighted by Gasteiger charge is 2.26. The molecule has 0 aliphatic heterocycles. The first kappa shape index (κ1) is 20.4. The Morgan fingerprint density at radius 2 is 2.06 bits per heavy atom. The van der Waals surface area contributed by atoms with E-state index in [1.807, 2.05) is 55.1 Å². The second-order valence-corrected chi connectivity index (χ2v) is 9.25. The summed E-state index contributed by atoms with van der Waals surface area (Å²) in [6, 6.07) is 18.2. The van der Waals surface area contributed by atoms with Gasteiger partial charge in [-0.3, -0.25) is 9.48 Å². The Morgan fingerprint density at radius 3 is 2.84 bits per heavy atom. The van der Waals surface area contributed by atoms with E-state index < -0.39 is 0 Å². The lowest BCUT2D eigenvalue weighted by molar-refractivity contribution is 0.0942. The second kappa shape index (κ2) is 8.21. The van der Waals surface area contributed by atoms with E-state index in [-0.39, 0.29) is 5.91 Å². The Morgan fingerprint density at radius 1 is 1.25 bits per heavy atom. The normalized spacial score (nSPS) is 13.3. The average Bonchev–Trinajstić information content (AvgIpc) is 3.50. The van der Waals surface area contributed by atoms with Crippen molar-refractivity contribution in [3.63, 3.8) is 0 Å². The van der Waals surface area contributed by atoms with Gasteiger partial charge in [0.25, 0.3) is 5.91 Å². The zero-order chi connectivity index (χ0) is 22.2. The number of nitriles is 1. The van der Waals surface area contributed by atoms with Gasteiger partial charge in [-0.1, -0.05) is 36.0 Å². The maximum Gasteiger partial charge on any atom is 0.268 e. The van der Waals surface area contributed by atoms with Gasteiger partial charge in [0.1, 0.15) is 5.69 Å². The van der Waals surface area contributed by atoms with Gasteiger partial charge in [-0.2, -0.15) is 10.4 Å². The molecule has 2 heterocycles. The smallest absolute Gasteiger partial charge is 0.268 e. The number of amides is 1. The van der Waals surface area contributed by atoms with Gasteiger partial charge in [-0.15, -0.1) is 0 Å². The van der Waals surface area contributed by atoms with Gasteiger partial charge >= 0.3 is 0 Å². The van der Waals surface area contributed by atoms with Gasteiger partial charge in [0.05, 0.1) is 29.4 Å². The van der Waals surface area contributed by atoms with Crippen molar-refractivity contribution in [2.45, 2.75) is 42.1 Å². The molecule has 1 amide bonds. The van der Waals surface area contributed by atoms with Crippen LogP contribution in [-0.4, -0.2) is 20.3 Å². The van der Waals surface area contributed by atoms with Crippen LogP contribution in [0.2, 0.25) is 0 Å².